The molecule has 0 saturated carbocycles. The van der Waals surface area contributed by atoms with Crippen molar-refractivity contribution in [2.75, 3.05) is 6.54 Å². The second-order valence-corrected chi connectivity index (χ2v) is 6.43. The third kappa shape index (κ3) is 3.28. The van der Waals surface area contributed by atoms with E-state index in [1.54, 1.807) is 30.4 Å². The summed E-state index contributed by atoms with van der Waals surface area (Å²) < 4.78 is 1.23. The molecule has 0 radical (unpaired) electrons. The van der Waals surface area contributed by atoms with E-state index in [9.17, 15) is 14.9 Å². The van der Waals surface area contributed by atoms with Gasteiger partial charge in [0.05, 0.1) is 4.92 Å². The lowest BCUT2D eigenvalue weighted by Crippen LogP contribution is -2.25. The van der Waals surface area contributed by atoms with E-state index in [0.717, 1.165) is 6.42 Å². The van der Waals surface area contributed by atoms with Gasteiger partial charge in [-0.25, -0.2) is 0 Å². The highest BCUT2D eigenvalue weighted by molar-refractivity contribution is 7.17. The van der Waals surface area contributed by atoms with Gasteiger partial charge in [0.2, 0.25) is 0 Å². The zero-order valence-corrected chi connectivity index (χ0v) is 13.9. The Morgan fingerprint density at radius 1 is 1.25 bits per heavy atom. The van der Waals surface area contributed by atoms with Gasteiger partial charge in [0.25, 0.3) is 11.6 Å². The van der Waals surface area contributed by atoms with Gasteiger partial charge in [-0.3, -0.25) is 14.9 Å². The quantitative estimate of drug-likeness (QED) is 0.561. The van der Waals surface area contributed by atoms with Gasteiger partial charge in [0, 0.05) is 28.4 Å². The van der Waals surface area contributed by atoms with Gasteiger partial charge in [-0.05, 0) is 41.8 Å². The molecule has 0 aliphatic heterocycles. The molecular formula is C18H16N2O3S. The summed E-state index contributed by atoms with van der Waals surface area (Å²) >= 11 is 1.69. The molecule has 0 aliphatic carbocycles. The lowest BCUT2D eigenvalue weighted by Gasteiger charge is -2.06. The van der Waals surface area contributed by atoms with Gasteiger partial charge in [0.1, 0.15) is 0 Å². The van der Waals surface area contributed by atoms with Crippen molar-refractivity contribution in [3.05, 3.63) is 74.6 Å². The van der Waals surface area contributed by atoms with Gasteiger partial charge in [-0.1, -0.05) is 24.3 Å². The smallest absolute Gasteiger partial charge is 0.273 e. The first-order valence-electron chi connectivity index (χ1n) is 7.54. The molecule has 1 amide bonds. The van der Waals surface area contributed by atoms with E-state index in [1.165, 1.54) is 21.7 Å². The number of thiophene rings is 1. The summed E-state index contributed by atoms with van der Waals surface area (Å²) in [7, 11) is 0. The number of nitrogens with one attached hydrogen (secondary N) is 1. The zero-order chi connectivity index (χ0) is 17.1. The Morgan fingerprint density at radius 2 is 2.04 bits per heavy atom. The van der Waals surface area contributed by atoms with Gasteiger partial charge < -0.3 is 5.32 Å². The molecule has 1 N–H and O–H groups in total. The maximum absolute atomic E-state index is 12.2. The van der Waals surface area contributed by atoms with E-state index in [2.05, 4.69) is 22.8 Å². The third-order valence-electron chi connectivity index (χ3n) is 3.91. The van der Waals surface area contributed by atoms with Crippen LogP contribution in [0.1, 0.15) is 21.5 Å². The van der Waals surface area contributed by atoms with E-state index in [4.69, 9.17) is 0 Å². The van der Waals surface area contributed by atoms with Crippen molar-refractivity contribution in [3.8, 4) is 0 Å². The van der Waals surface area contributed by atoms with E-state index in [0.29, 0.717) is 17.7 Å². The van der Waals surface area contributed by atoms with Crippen molar-refractivity contribution in [1.29, 1.82) is 0 Å². The second-order valence-electron chi connectivity index (χ2n) is 5.52. The van der Waals surface area contributed by atoms with Crippen LogP contribution >= 0.6 is 11.3 Å². The van der Waals surface area contributed by atoms with Crippen LogP contribution in [0.15, 0.2) is 47.8 Å². The molecule has 0 saturated heterocycles. The van der Waals surface area contributed by atoms with Gasteiger partial charge >= 0.3 is 0 Å². The summed E-state index contributed by atoms with van der Waals surface area (Å²) in [6.45, 7) is 2.14. The molecule has 3 rings (SSSR count). The highest BCUT2D eigenvalue weighted by Gasteiger charge is 2.14. The first-order chi connectivity index (χ1) is 11.6. The predicted molar refractivity (Wildman–Crippen MR) is 95.7 cm³/mol. The number of benzene rings is 2. The van der Waals surface area contributed by atoms with Crippen molar-refractivity contribution in [1.82, 2.24) is 5.32 Å². The second kappa shape index (κ2) is 6.80. The Bertz CT molecular complexity index is 918. The number of nitrogens with zero attached hydrogens (tertiary/aromatic N) is 1. The number of rotatable bonds is 5. The fraction of sp³-hybridized carbons (Fsp3) is 0.167. The number of fused-ring (bicyclic) bond motifs is 1. The minimum absolute atomic E-state index is 0.0357. The van der Waals surface area contributed by atoms with Crippen molar-refractivity contribution >= 4 is 33.0 Å². The number of amides is 1. The molecule has 0 spiro atoms. The largest absolute Gasteiger partial charge is 0.352 e. The summed E-state index contributed by atoms with van der Waals surface area (Å²) in [5.41, 5.74) is 2.01. The summed E-state index contributed by atoms with van der Waals surface area (Å²) in [6.07, 6.45) is 0.726. The molecule has 1 heterocycles. The van der Waals surface area contributed by atoms with E-state index in [-0.39, 0.29) is 11.6 Å². The lowest BCUT2D eigenvalue weighted by atomic mass is 10.1. The highest BCUT2D eigenvalue weighted by atomic mass is 32.1. The van der Waals surface area contributed by atoms with Crippen molar-refractivity contribution in [2.45, 2.75) is 13.3 Å². The van der Waals surface area contributed by atoms with Crippen molar-refractivity contribution in [3.63, 3.8) is 0 Å². The molecular weight excluding hydrogens is 324 g/mol. The van der Waals surface area contributed by atoms with Crippen molar-refractivity contribution in [2.24, 2.45) is 0 Å². The van der Waals surface area contributed by atoms with Crippen LogP contribution in [0.4, 0.5) is 5.69 Å². The molecule has 0 atom stereocenters. The van der Waals surface area contributed by atoms with Crippen LogP contribution in [0.3, 0.4) is 0 Å². The standard InChI is InChI=1S/C18H16N2O3S/c1-12-6-7-13(10-16(12)20(22)23)18(21)19-9-8-14-11-24-17-5-3-2-4-15(14)17/h2-7,10-11H,8-9H2,1H3,(H,19,21). The maximum atomic E-state index is 12.2. The molecule has 0 unspecified atom stereocenters. The number of hydrogen-bond acceptors (Lipinski definition) is 4. The minimum atomic E-state index is -0.469. The fourth-order valence-corrected chi connectivity index (χ4v) is 3.58. The Morgan fingerprint density at radius 3 is 2.83 bits per heavy atom. The van der Waals surface area contributed by atoms with Crippen molar-refractivity contribution < 1.29 is 9.72 Å². The molecule has 0 bridgehead atoms. The molecule has 5 nitrogen and oxygen atoms in total. The fourth-order valence-electron chi connectivity index (χ4n) is 2.59. The van der Waals surface area contributed by atoms with Crippen LogP contribution in [0, 0.1) is 17.0 Å². The third-order valence-corrected chi connectivity index (χ3v) is 4.92. The Hall–Kier alpha value is -2.73. The number of aryl methyl sites for hydroxylation is 1. The molecule has 2 aromatic carbocycles. The van der Waals surface area contributed by atoms with Crippen LogP contribution in [0.2, 0.25) is 0 Å². The molecule has 6 heteroatoms. The molecule has 122 valence electrons. The summed E-state index contributed by atoms with van der Waals surface area (Å²) in [6, 6.07) is 12.7. The van der Waals surface area contributed by atoms with Crippen LogP contribution in [-0.4, -0.2) is 17.4 Å². The molecule has 0 aliphatic rings. The normalized spacial score (nSPS) is 10.7. The number of nitro groups is 1. The average Bonchev–Trinajstić information content (AvgIpc) is 2.98. The summed E-state index contributed by atoms with van der Waals surface area (Å²) in [5.74, 6) is -0.294. The first-order valence-corrected chi connectivity index (χ1v) is 8.42. The number of carbonyl (C=O) groups excluding carboxylic acids is 1. The van der Waals surface area contributed by atoms with Crippen LogP contribution < -0.4 is 5.32 Å². The number of carbonyl (C=O) groups is 1. The summed E-state index contributed by atoms with van der Waals surface area (Å²) in [5, 5.41) is 17.1. The zero-order valence-electron chi connectivity index (χ0n) is 13.1. The van der Waals surface area contributed by atoms with E-state index >= 15 is 0 Å². The Balaban J connectivity index is 1.66. The molecule has 0 fully saturated rings. The topological polar surface area (TPSA) is 72.2 Å². The predicted octanol–water partition coefficient (Wildman–Crippen LogP) is 4.09. The van der Waals surface area contributed by atoms with Crippen LogP contribution in [0.25, 0.3) is 10.1 Å². The Kier molecular flexibility index (Phi) is 4.57. The Labute approximate surface area is 143 Å². The lowest BCUT2D eigenvalue weighted by molar-refractivity contribution is -0.385. The van der Waals surface area contributed by atoms with E-state index < -0.39 is 4.92 Å². The maximum Gasteiger partial charge on any atom is 0.273 e. The van der Waals surface area contributed by atoms with Gasteiger partial charge in [0.15, 0.2) is 0 Å². The molecule has 24 heavy (non-hydrogen) atoms. The molecule has 3 aromatic rings. The number of hydrogen-bond donors (Lipinski definition) is 1. The van der Waals surface area contributed by atoms with Crippen LogP contribution in [-0.2, 0) is 6.42 Å². The monoisotopic (exact) mass is 340 g/mol. The number of nitro benzene ring substituents is 1. The van der Waals surface area contributed by atoms with E-state index in [1.807, 2.05) is 12.1 Å². The van der Waals surface area contributed by atoms with Crippen LogP contribution in [0.5, 0.6) is 0 Å². The molecule has 1 aromatic heterocycles. The van der Waals surface area contributed by atoms with Gasteiger partial charge in [-0.15, -0.1) is 11.3 Å². The average molecular weight is 340 g/mol. The van der Waals surface area contributed by atoms with Gasteiger partial charge in [-0.2, -0.15) is 0 Å². The summed E-state index contributed by atoms with van der Waals surface area (Å²) in [4.78, 5) is 22.7. The SMILES string of the molecule is Cc1ccc(C(=O)NCCc2csc3ccccc23)cc1[N+](=O)[O-]. The highest BCUT2D eigenvalue weighted by Crippen LogP contribution is 2.25. The first kappa shape index (κ1) is 16.1. The minimum Gasteiger partial charge on any atom is -0.352 e.